The smallest absolute Gasteiger partial charge is 0.388 e. The number of hydrogen-bond acceptors (Lipinski definition) is 16. The van der Waals surface area contributed by atoms with Crippen LogP contribution in [0.15, 0.2) is 23.8 Å². The number of nitrogens with two attached hydrogens (primary N) is 2. The van der Waals surface area contributed by atoms with Gasteiger partial charge in [0.25, 0.3) is 5.56 Å². The van der Waals surface area contributed by atoms with Gasteiger partial charge in [-0.05, 0) is 12.3 Å². The monoisotopic (exact) mass is 702 g/mol. The number of nitrogens with one attached hydrogen (secondary N) is 1. The van der Waals surface area contributed by atoms with Crippen LogP contribution in [0.4, 0.5) is 16.2 Å². The highest BCUT2D eigenvalue weighted by atomic mass is 32.7. The number of ether oxygens (including phenoxy) is 1. The third-order valence-corrected chi connectivity index (χ3v) is 11.5. The number of rotatable bonds is 2. The van der Waals surface area contributed by atoms with E-state index in [0.717, 1.165) is 10.9 Å². The summed E-state index contributed by atoms with van der Waals surface area (Å²) in [5.74, 6) is -0.623. The number of phosphoric ester groups is 1. The zero-order valence-electron chi connectivity index (χ0n) is 23.1. The Morgan fingerprint density at radius 3 is 2.65 bits per heavy atom. The number of H-pyrrole nitrogens is 1. The number of nitrogens with zero attached hydrogens (tertiary/aromatic N) is 7. The number of imidazole rings is 2. The largest absolute Gasteiger partial charge is 0.472 e. The zero-order valence-corrected chi connectivity index (χ0v) is 25.8. The fourth-order valence-electron chi connectivity index (χ4n) is 6.78. The Bertz CT molecular complexity index is 2050. The molecule has 2 bridgehead atoms. The van der Waals surface area contributed by atoms with Gasteiger partial charge in [0.05, 0.1) is 31.9 Å². The van der Waals surface area contributed by atoms with Gasteiger partial charge < -0.3 is 30.8 Å². The average molecular weight is 703 g/mol. The maximum Gasteiger partial charge on any atom is 0.472 e. The van der Waals surface area contributed by atoms with Crippen LogP contribution in [0.25, 0.3) is 22.3 Å². The van der Waals surface area contributed by atoms with Gasteiger partial charge in [-0.1, -0.05) is 12.2 Å². The molecule has 246 valence electrons. The topological polar surface area (TPSA) is 280 Å². The summed E-state index contributed by atoms with van der Waals surface area (Å²) in [4.78, 5) is 45.8. The van der Waals surface area contributed by atoms with Gasteiger partial charge in [0, 0.05) is 5.41 Å². The number of thiol groups is 1. The predicted octanol–water partition coefficient (Wildman–Crippen LogP) is 0.237. The molecule has 2 saturated heterocycles. The van der Waals surface area contributed by atoms with Crippen molar-refractivity contribution in [1.29, 1.82) is 0 Å². The number of fused-ring (bicyclic) bond motifs is 4. The molecule has 0 aromatic carbocycles. The number of alkyl halides is 1. The number of halogens is 1. The van der Waals surface area contributed by atoms with Gasteiger partial charge in [0.2, 0.25) is 5.95 Å². The number of aromatic nitrogens is 8. The molecule has 0 radical (unpaired) electrons. The number of aliphatic hydroxyl groups is 1. The molecule has 2 aliphatic carbocycles. The van der Waals surface area contributed by atoms with Crippen LogP contribution in [0.3, 0.4) is 0 Å². The van der Waals surface area contributed by atoms with Crippen molar-refractivity contribution in [3.8, 4) is 0 Å². The van der Waals surface area contributed by atoms with E-state index < -0.39 is 87.6 Å². The Morgan fingerprint density at radius 2 is 1.85 bits per heavy atom. The van der Waals surface area contributed by atoms with Gasteiger partial charge in [-0.15, -0.1) is 0 Å². The summed E-state index contributed by atoms with van der Waals surface area (Å²) < 4.78 is 73.3. The molecule has 4 aromatic rings. The highest BCUT2D eigenvalue weighted by molar-refractivity contribution is 8.44. The second-order valence-corrected chi connectivity index (χ2v) is 15.8. The molecule has 4 fully saturated rings. The van der Waals surface area contributed by atoms with Crippen molar-refractivity contribution < 1.29 is 46.4 Å². The number of nitrogen functional groups attached to an aromatic ring is 2. The minimum atomic E-state index is -5.09. The van der Waals surface area contributed by atoms with E-state index in [4.69, 9.17) is 34.3 Å². The number of phosphoric acid groups is 1. The van der Waals surface area contributed by atoms with E-state index in [2.05, 4.69) is 42.2 Å². The summed E-state index contributed by atoms with van der Waals surface area (Å²) >= 11 is 4.08. The van der Waals surface area contributed by atoms with Crippen LogP contribution in [-0.4, -0.2) is 92.8 Å². The molecule has 1 unspecified atom stereocenters. The molecule has 11 atom stereocenters. The summed E-state index contributed by atoms with van der Waals surface area (Å²) in [6, 6.07) is -0.773. The molecular weight excluding hydrogens is 677 g/mol. The van der Waals surface area contributed by atoms with Gasteiger partial charge in [-0.3, -0.25) is 32.4 Å². The van der Waals surface area contributed by atoms with Gasteiger partial charge in [0.15, 0.2) is 35.0 Å². The normalized spacial score (nSPS) is 41.0. The fraction of sp³-hybridized carbons (Fsp3) is 0.545. The molecule has 7 N–H and O–H groups in total. The Morgan fingerprint density at radius 1 is 1.09 bits per heavy atom. The van der Waals surface area contributed by atoms with E-state index in [-0.39, 0.29) is 29.4 Å². The Kier molecular flexibility index (Phi) is 6.74. The molecular formula is C22H25FN10O10P2S. The lowest BCUT2D eigenvalue weighted by Gasteiger charge is -2.30. The summed E-state index contributed by atoms with van der Waals surface area (Å²) in [6.45, 7) is -5.62. The second kappa shape index (κ2) is 10.2. The van der Waals surface area contributed by atoms with Crippen LogP contribution < -0.4 is 17.0 Å². The van der Waals surface area contributed by atoms with E-state index in [0.29, 0.717) is 11.2 Å². The van der Waals surface area contributed by atoms with Crippen LogP contribution in [-0.2, 0) is 32.0 Å². The van der Waals surface area contributed by atoms with Crippen molar-refractivity contribution in [2.45, 2.75) is 49.3 Å². The van der Waals surface area contributed by atoms with Crippen LogP contribution >= 0.6 is 26.9 Å². The van der Waals surface area contributed by atoms with Crippen molar-refractivity contribution in [3.05, 3.63) is 29.3 Å². The lowest BCUT2D eigenvalue weighted by molar-refractivity contribution is -0.0586. The van der Waals surface area contributed by atoms with Crippen LogP contribution in [0.1, 0.15) is 18.7 Å². The molecule has 2 saturated carbocycles. The number of anilines is 2. The van der Waals surface area contributed by atoms with Crippen LogP contribution in [0.5, 0.6) is 0 Å². The molecule has 20 nitrogen and oxygen atoms in total. The van der Waals surface area contributed by atoms with Crippen molar-refractivity contribution in [1.82, 2.24) is 39.0 Å². The molecule has 24 heteroatoms. The first-order chi connectivity index (χ1) is 21.8. The van der Waals surface area contributed by atoms with E-state index >= 15 is 4.39 Å². The van der Waals surface area contributed by atoms with Gasteiger partial charge in [-0.2, -0.15) is 4.98 Å². The van der Waals surface area contributed by atoms with Crippen molar-refractivity contribution in [2.24, 2.45) is 11.3 Å². The van der Waals surface area contributed by atoms with Gasteiger partial charge in [-0.25, -0.2) is 33.5 Å². The first-order valence-electron chi connectivity index (χ1n) is 13.7. The Labute approximate surface area is 260 Å². The van der Waals surface area contributed by atoms with Crippen LogP contribution in [0.2, 0.25) is 0 Å². The van der Waals surface area contributed by atoms with Crippen molar-refractivity contribution >= 4 is 61.0 Å². The quantitative estimate of drug-likeness (QED) is 0.120. The van der Waals surface area contributed by atoms with Crippen molar-refractivity contribution in [2.75, 3.05) is 24.7 Å². The third kappa shape index (κ3) is 4.62. The van der Waals surface area contributed by atoms with E-state index in [1.165, 1.54) is 12.7 Å². The molecule has 46 heavy (non-hydrogen) atoms. The van der Waals surface area contributed by atoms with E-state index in [1.54, 1.807) is 4.57 Å². The molecule has 1 spiro atoms. The van der Waals surface area contributed by atoms with Crippen LogP contribution in [0, 0.1) is 11.3 Å². The van der Waals surface area contributed by atoms with Gasteiger partial charge >= 0.3 is 14.6 Å². The lowest BCUT2D eigenvalue weighted by atomic mass is 10.0. The summed E-state index contributed by atoms with van der Waals surface area (Å²) in [6.07, 6.45) is -5.73. The predicted molar refractivity (Wildman–Crippen MR) is 155 cm³/mol. The first kappa shape index (κ1) is 30.3. The maximum atomic E-state index is 15.9. The van der Waals surface area contributed by atoms with Crippen molar-refractivity contribution in [3.63, 3.8) is 0 Å². The Hall–Kier alpha value is -3.04. The molecule has 6 heterocycles. The van der Waals surface area contributed by atoms with Gasteiger partial charge in [0.1, 0.15) is 36.3 Å². The van der Waals surface area contributed by atoms with E-state index in [1.807, 2.05) is 0 Å². The standard InChI is InChI=1S/C22H25FN10O10P2S/c23-9-8-2-39-45(38,46)43-15-13(34)12(32-5-28-10-16(24)26-4-27-17(10)32)7-1-22(7,15)3-40-44(36,37)42-14(9)20(41-8)33-6-29-11-18(33)30-21(25)31-19(11)35/h4-9,12-15,20,34H,1-3H2,(H,36,37)(H,38,46)(H2,24,26,27)(H3,25,30,31,35)/t7-,8-,9-,12-,13+,14-,15+,20-,22+,45+/m1/s1. The maximum absolute atomic E-state index is 15.9. The number of aromatic amines is 1. The summed E-state index contributed by atoms with van der Waals surface area (Å²) in [5.41, 5.74) is 10.0. The average Bonchev–Trinajstić information content (AvgIpc) is 3.26. The fourth-order valence-corrected chi connectivity index (χ4v) is 9.30. The molecule has 4 aliphatic rings. The second-order valence-electron chi connectivity index (χ2n) is 11.5. The highest BCUT2D eigenvalue weighted by Gasteiger charge is 2.74. The number of hydrogen-bond donors (Lipinski definition) is 6. The molecule has 8 rings (SSSR count). The highest BCUT2D eigenvalue weighted by Crippen LogP contribution is 2.73. The summed E-state index contributed by atoms with van der Waals surface area (Å²) in [5, 5.41) is 11.5. The molecule has 0 amide bonds. The third-order valence-electron chi connectivity index (χ3n) is 8.91. The lowest BCUT2D eigenvalue weighted by Crippen LogP contribution is -2.37. The molecule has 2 aliphatic heterocycles. The number of aliphatic hydroxyl groups excluding tert-OH is 1. The summed E-state index contributed by atoms with van der Waals surface area (Å²) in [7, 11) is -5.09. The SMILES string of the molecule is Nc1nc2c(ncn2[C@@H]2O[C@@H]3CO[P@](=O)(S)O[C@H]4[C@@H](O)[C@H](n5cnc6c(N)ncnc65)[C@H]5C[C@]54COP(=O)(O)O[C@@H]2[C@@H]3F)c(=O)[nH]1. The Balaban J connectivity index is 1.14. The first-order valence-corrected chi connectivity index (χ1v) is 17.9. The zero-order chi connectivity index (χ0) is 32.3. The minimum absolute atomic E-state index is 0.117. The van der Waals surface area contributed by atoms with E-state index in [9.17, 15) is 23.9 Å². The minimum Gasteiger partial charge on any atom is -0.388 e. The molecule has 4 aromatic heterocycles.